The van der Waals surface area contributed by atoms with Gasteiger partial charge in [0.05, 0.1) is 18.8 Å². The number of rotatable bonds is 6. The van der Waals surface area contributed by atoms with Crippen LogP contribution in [0.3, 0.4) is 0 Å². The lowest BCUT2D eigenvalue weighted by atomic mass is 10.0. The number of piperidine rings is 1. The van der Waals surface area contributed by atoms with E-state index in [4.69, 9.17) is 15.2 Å². The zero-order valence-corrected chi connectivity index (χ0v) is 16.2. The van der Waals surface area contributed by atoms with E-state index in [1.807, 2.05) is 29.2 Å². The molecule has 1 aromatic rings. The standard InChI is InChI=1S/C20H30N2O3.ClH/c21-19-7-2-1-5-16(19)8-9-20(23)22-12-10-17(11-13-22)25-15-18-6-3-4-14-24-18;/h1-2,5,7,17-18H,3-4,6,8-15,21H2;1H. The summed E-state index contributed by atoms with van der Waals surface area (Å²) in [5, 5.41) is 0. The molecule has 0 radical (unpaired) electrons. The largest absolute Gasteiger partial charge is 0.399 e. The maximum atomic E-state index is 12.4. The molecular formula is C20H31ClN2O3. The molecule has 0 aromatic heterocycles. The van der Waals surface area contributed by atoms with E-state index >= 15 is 0 Å². The number of carbonyl (C=O) groups excluding carboxylic acids is 1. The highest BCUT2D eigenvalue weighted by Crippen LogP contribution is 2.19. The van der Waals surface area contributed by atoms with Gasteiger partial charge in [0.25, 0.3) is 0 Å². The number of carbonyl (C=O) groups is 1. The molecule has 3 rings (SSSR count). The maximum absolute atomic E-state index is 12.4. The van der Waals surface area contributed by atoms with Gasteiger partial charge in [0.15, 0.2) is 0 Å². The van der Waals surface area contributed by atoms with Crippen molar-refractivity contribution in [1.82, 2.24) is 4.90 Å². The molecule has 2 heterocycles. The number of amides is 1. The second kappa shape index (κ2) is 10.8. The summed E-state index contributed by atoms with van der Waals surface area (Å²) >= 11 is 0. The van der Waals surface area contributed by atoms with Gasteiger partial charge in [-0.2, -0.15) is 0 Å². The second-order valence-electron chi connectivity index (χ2n) is 7.10. The average Bonchev–Trinajstić information content (AvgIpc) is 2.67. The number of ether oxygens (including phenoxy) is 2. The van der Waals surface area contributed by atoms with Crippen molar-refractivity contribution in [2.45, 2.75) is 57.2 Å². The Bertz CT molecular complexity index is 556. The van der Waals surface area contributed by atoms with Gasteiger partial charge in [-0.3, -0.25) is 4.79 Å². The van der Waals surface area contributed by atoms with Crippen molar-refractivity contribution in [3.05, 3.63) is 29.8 Å². The molecule has 0 aliphatic carbocycles. The molecule has 26 heavy (non-hydrogen) atoms. The summed E-state index contributed by atoms with van der Waals surface area (Å²) in [6.07, 6.45) is 7.14. The number of anilines is 1. The fourth-order valence-corrected chi connectivity index (χ4v) is 3.62. The molecule has 146 valence electrons. The summed E-state index contributed by atoms with van der Waals surface area (Å²) in [6.45, 7) is 3.15. The average molecular weight is 383 g/mol. The second-order valence-corrected chi connectivity index (χ2v) is 7.10. The van der Waals surface area contributed by atoms with Crippen LogP contribution in [0.5, 0.6) is 0 Å². The number of hydrogen-bond acceptors (Lipinski definition) is 4. The maximum Gasteiger partial charge on any atom is 0.222 e. The molecule has 2 N–H and O–H groups in total. The van der Waals surface area contributed by atoms with E-state index in [1.165, 1.54) is 12.8 Å². The number of nitrogens with zero attached hydrogens (tertiary/aromatic N) is 1. The Morgan fingerprint density at radius 2 is 1.96 bits per heavy atom. The quantitative estimate of drug-likeness (QED) is 0.767. The van der Waals surface area contributed by atoms with E-state index in [2.05, 4.69) is 0 Å². The number of benzene rings is 1. The first-order valence-electron chi connectivity index (χ1n) is 9.57. The fourth-order valence-electron chi connectivity index (χ4n) is 3.62. The normalized spacial score (nSPS) is 21.2. The van der Waals surface area contributed by atoms with Crippen molar-refractivity contribution >= 4 is 24.0 Å². The third kappa shape index (κ3) is 6.15. The van der Waals surface area contributed by atoms with Gasteiger partial charge in [-0.15, -0.1) is 12.4 Å². The first-order chi connectivity index (χ1) is 12.2. The molecule has 5 nitrogen and oxygen atoms in total. The number of nitrogen functional groups attached to an aromatic ring is 1. The summed E-state index contributed by atoms with van der Waals surface area (Å²) < 4.78 is 11.7. The fraction of sp³-hybridized carbons (Fsp3) is 0.650. The van der Waals surface area contributed by atoms with Gasteiger partial charge in [-0.1, -0.05) is 18.2 Å². The lowest BCUT2D eigenvalue weighted by Crippen LogP contribution is -2.41. The molecule has 6 heteroatoms. The third-order valence-electron chi connectivity index (χ3n) is 5.25. The van der Waals surface area contributed by atoms with Crippen LogP contribution < -0.4 is 5.73 Å². The predicted molar refractivity (Wildman–Crippen MR) is 106 cm³/mol. The zero-order chi connectivity index (χ0) is 17.5. The summed E-state index contributed by atoms with van der Waals surface area (Å²) in [6, 6.07) is 7.77. The number of likely N-dealkylation sites (tertiary alicyclic amines) is 1. The number of para-hydroxylation sites is 1. The Kier molecular flexibility index (Phi) is 8.69. The van der Waals surface area contributed by atoms with Crippen molar-refractivity contribution in [1.29, 1.82) is 0 Å². The minimum absolute atomic E-state index is 0. The van der Waals surface area contributed by atoms with Gasteiger partial charge in [0, 0.05) is 31.8 Å². The SMILES string of the molecule is Cl.Nc1ccccc1CCC(=O)N1CCC(OCC2CCCCO2)CC1. The molecule has 1 unspecified atom stereocenters. The van der Waals surface area contributed by atoms with Crippen LogP contribution in [0.25, 0.3) is 0 Å². The summed E-state index contributed by atoms with van der Waals surface area (Å²) in [4.78, 5) is 14.4. The van der Waals surface area contributed by atoms with Gasteiger partial charge in [0.2, 0.25) is 5.91 Å². The molecular weight excluding hydrogens is 352 g/mol. The van der Waals surface area contributed by atoms with Gasteiger partial charge in [0.1, 0.15) is 0 Å². The van der Waals surface area contributed by atoms with Crippen molar-refractivity contribution < 1.29 is 14.3 Å². The number of nitrogens with two attached hydrogens (primary N) is 1. The van der Waals surface area contributed by atoms with Crippen LogP contribution in [0.15, 0.2) is 24.3 Å². The molecule has 2 fully saturated rings. The van der Waals surface area contributed by atoms with Crippen molar-refractivity contribution in [2.75, 3.05) is 32.0 Å². The van der Waals surface area contributed by atoms with Crippen LogP contribution in [0, 0.1) is 0 Å². The molecule has 2 aliphatic heterocycles. The lowest BCUT2D eigenvalue weighted by Gasteiger charge is -2.33. The predicted octanol–water partition coefficient (Wildman–Crippen LogP) is 3.20. The van der Waals surface area contributed by atoms with E-state index < -0.39 is 0 Å². The highest BCUT2D eigenvalue weighted by molar-refractivity contribution is 5.85. The molecule has 0 bridgehead atoms. The van der Waals surface area contributed by atoms with Crippen molar-refractivity contribution in [3.8, 4) is 0 Å². The molecule has 1 aromatic carbocycles. The number of aryl methyl sites for hydroxylation is 1. The molecule has 2 saturated heterocycles. The number of hydrogen-bond donors (Lipinski definition) is 1. The van der Waals surface area contributed by atoms with E-state index in [0.29, 0.717) is 19.4 Å². The van der Waals surface area contributed by atoms with Crippen molar-refractivity contribution in [2.24, 2.45) is 0 Å². The Morgan fingerprint density at radius 3 is 2.65 bits per heavy atom. The lowest BCUT2D eigenvalue weighted by molar-refractivity contribution is -0.134. The monoisotopic (exact) mass is 382 g/mol. The Balaban J connectivity index is 0.00000243. The van der Waals surface area contributed by atoms with Crippen LogP contribution in [0.4, 0.5) is 5.69 Å². The smallest absolute Gasteiger partial charge is 0.222 e. The van der Waals surface area contributed by atoms with E-state index in [9.17, 15) is 4.79 Å². The third-order valence-corrected chi connectivity index (χ3v) is 5.25. The minimum atomic E-state index is 0. The van der Waals surface area contributed by atoms with E-state index in [0.717, 1.165) is 50.2 Å². The van der Waals surface area contributed by atoms with Crippen LogP contribution in [0.1, 0.15) is 44.1 Å². The Hall–Kier alpha value is -1.30. The van der Waals surface area contributed by atoms with E-state index in [-0.39, 0.29) is 30.5 Å². The van der Waals surface area contributed by atoms with E-state index in [1.54, 1.807) is 0 Å². The number of halogens is 1. The first-order valence-corrected chi connectivity index (χ1v) is 9.57. The minimum Gasteiger partial charge on any atom is -0.399 e. The summed E-state index contributed by atoms with van der Waals surface area (Å²) in [7, 11) is 0. The first kappa shape index (κ1) is 21.0. The molecule has 0 spiro atoms. The Morgan fingerprint density at radius 1 is 1.19 bits per heavy atom. The topological polar surface area (TPSA) is 64.8 Å². The van der Waals surface area contributed by atoms with Crippen LogP contribution in [0.2, 0.25) is 0 Å². The van der Waals surface area contributed by atoms with Gasteiger partial charge in [-0.05, 0) is 50.2 Å². The molecule has 1 amide bonds. The van der Waals surface area contributed by atoms with Gasteiger partial charge < -0.3 is 20.1 Å². The van der Waals surface area contributed by atoms with Crippen LogP contribution >= 0.6 is 12.4 Å². The molecule has 2 aliphatic rings. The zero-order valence-electron chi connectivity index (χ0n) is 15.4. The highest BCUT2D eigenvalue weighted by Gasteiger charge is 2.24. The molecule has 1 atom stereocenters. The summed E-state index contributed by atoms with van der Waals surface area (Å²) in [5.74, 6) is 0.220. The van der Waals surface area contributed by atoms with Crippen LogP contribution in [-0.2, 0) is 20.7 Å². The van der Waals surface area contributed by atoms with Gasteiger partial charge in [-0.25, -0.2) is 0 Å². The molecule has 0 saturated carbocycles. The van der Waals surface area contributed by atoms with Crippen molar-refractivity contribution in [3.63, 3.8) is 0 Å². The highest BCUT2D eigenvalue weighted by atomic mass is 35.5. The Labute approximate surface area is 162 Å². The van der Waals surface area contributed by atoms with Gasteiger partial charge >= 0.3 is 0 Å². The summed E-state index contributed by atoms with van der Waals surface area (Å²) in [5.41, 5.74) is 7.77. The van der Waals surface area contributed by atoms with Crippen LogP contribution in [-0.4, -0.2) is 49.3 Å².